The number of rotatable bonds is 3. The molecule has 22 heavy (non-hydrogen) atoms. The number of hydrogen-bond acceptors (Lipinski definition) is 3. The zero-order valence-corrected chi connectivity index (χ0v) is 13.6. The molecule has 2 fully saturated rings. The number of furan rings is 1. The SMILES string of the molecule is CC(C)c1occc1C(=O)N1CCC[C@@H]1[C@@H]1CCCC[C@H]1O. The van der Waals surface area contributed by atoms with Crippen molar-refractivity contribution in [2.24, 2.45) is 5.92 Å². The number of carbonyl (C=O) groups is 1. The van der Waals surface area contributed by atoms with E-state index < -0.39 is 0 Å². The summed E-state index contributed by atoms with van der Waals surface area (Å²) in [5.74, 6) is 1.31. The molecule has 4 heteroatoms. The molecule has 2 aliphatic rings. The first-order chi connectivity index (χ1) is 10.6. The highest BCUT2D eigenvalue weighted by Gasteiger charge is 2.40. The lowest BCUT2D eigenvalue weighted by Gasteiger charge is -2.37. The Morgan fingerprint density at radius 2 is 2.05 bits per heavy atom. The van der Waals surface area contributed by atoms with Crippen LogP contribution in [0.3, 0.4) is 0 Å². The molecule has 0 radical (unpaired) electrons. The van der Waals surface area contributed by atoms with Crippen LogP contribution in [0.5, 0.6) is 0 Å². The normalized spacial score (nSPS) is 29.3. The molecule has 1 amide bonds. The summed E-state index contributed by atoms with van der Waals surface area (Å²) in [6.45, 7) is 4.89. The Labute approximate surface area is 132 Å². The van der Waals surface area contributed by atoms with Crippen LogP contribution in [-0.2, 0) is 0 Å². The predicted octanol–water partition coefficient (Wildman–Crippen LogP) is 3.56. The van der Waals surface area contributed by atoms with Crippen LogP contribution in [0, 0.1) is 5.92 Å². The van der Waals surface area contributed by atoms with Crippen molar-refractivity contribution < 1.29 is 14.3 Å². The van der Waals surface area contributed by atoms with E-state index in [-0.39, 0.29) is 29.9 Å². The molecule has 0 bridgehead atoms. The van der Waals surface area contributed by atoms with Crippen LogP contribution < -0.4 is 0 Å². The van der Waals surface area contributed by atoms with E-state index in [1.807, 2.05) is 18.7 Å². The van der Waals surface area contributed by atoms with Crippen LogP contribution in [0.2, 0.25) is 0 Å². The second kappa shape index (κ2) is 6.45. The summed E-state index contributed by atoms with van der Waals surface area (Å²) in [6.07, 6.45) is 7.62. The molecular formula is C18H27NO3. The summed E-state index contributed by atoms with van der Waals surface area (Å²) >= 11 is 0. The summed E-state index contributed by atoms with van der Waals surface area (Å²) in [5, 5.41) is 10.3. The van der Waals surface area contributed by atoms with Crippen LogP contribution in [0.15, 0.2) is 16.7 Å². The Balaban J connectivity index is 1.80. The Morgan fingerprint density at radius 3 is 2.77 bits per heavy atom. The summed E-state index contributed by atoms with van der Waals surface area (Å²) < 4.78 is 5.51. The van der Waals surface area contributed by atoms with E-state index in [2.05, 4.69) is 0 Å². The van der Waals surface area contributed by atoms with E-state index >= 15 is 0 Å². The minimum Gasteiger partial charge on any atom is -0.468 e. The first kappa shape index (κ1) is 15.6. The minimum absolute atomic E-state index is 0.0812. The number of amides is 1. The first-order valence-corrected chi connectivity index (χ1v) is 8.66. The molecule has 3 atom stereocenters. The highest BCUT2D eigenvalue weighted by molar-refractivity contribution is 5.95. The Kier molecular flexibility index (Phi) is 4.57. The van der Waals surface area contributed by atoms with E-state index in [0.717, 1.165) is 44.4 Å². The smallest absolute Gasteiger partial charge is 0.257 e. The summed E-state index contributed by atoms with van der Waals surface area (Å²) in [5.41, 5.74) is 0.701. The average molecular weight is 305 g/mol. The second-order valence-electron chi connectivity index (χ2n) is 7.08. The Morgan fingerprint density at radius 1 is 1.27 bits per heavy atom. The van der Waals surface area contributed by atoms with Crippen molar-refractivity contribution in [2.75, 3.05) is 6.54 Å². The first-order valence-electron chi connectivity index (χ1n) is 8.66. The van der Waals surface area contributed by atoms with Gasteiger partial charge in [0.1, 0.15) is 5.76 Å². The average Bonchev–Trinajstić information content (AvgIpc) is 3.16. The van der Waals surface area contributed by atoms with E-state index in [4.69, 9.17) is 4.42 Å². The molecule has 3 rings (SSSR count). The molecule has 1 N–H and O–H groups in total. The van der Waals surface area contributed by atoms with Crippen LogP contribution in [-0.4, -0.2) is 34.6 Å². The van der Waals surface area contributed by atoms with Crippen molar-refractivity contribution in [2.45, 2.75) is 70.4 Å². The summed E-state index contributed by atoms with van der Waals surface area (Å²) in [6, 6.07) is 1.99. The van der Waals surface area contributed by atoms with E-state index in [1.165, 1.54) is 6.42 Å². The fourth-order valence-corrected chi connectivity index (χ4v) is 4.18. The summed E-state index contributed by atoms with van der Waals surface area (Å²) in [4.78, 5) is 15.0. The molecule has 1 aliphatic heterocycles. The van der Waals surface area contributed by atoms with Crippen LogP contribution in [0.25, 0.3) is 0 Å². The van der Waals surface area contributed by atoms with E-state index in [1.54, 1.807) is 12.3 Å². The number of aliphatic hydroxyl groups is 1. The van der Waals surface area contributed by atoms with Gasteiger partial charge >= 0.3 is 0 Å². The highest BCUT2D eigenvalue weighted by Crippen LogP contribution is 2.36. The molecule has 1 aromatic heterocycles. The Hall–Kier alpha value is -1.29. The molecule has 0 spiro atoms. The molecule has 0 aromatic carbocycles. The second-order valence-corrected chi connectivity index (χ2v) is 7.08. The maximum Gasteiger partial charge on any atom is 0.257 e. The lowest BCUT2D eigenvalue weighted by molar-refractivity contribution is 0.0210. The molecule has 0 unspecified atom stereocenters. The van der Waals surface area contributed by atoms with Gasteiger partial charge in [-0.2, -0.15) is 0 Å². The zero-order chi connectivity index (χ0) is 15.7. The van der Waals surface area contributed by atoms with Crippen LogP contribution in [0.4, 0.5) is 0 Å². The lowest BCUT2D eigenvalue weighted by atomic mass is 9.80. The third-order valence-corrected chi connectivity index (χ3v) is 5.29. The van der Waals surface area contributed by atoms with E-state index in [0.29, 0.717) is 5.56 Å². The van der Waals surface area contributed by atoms with Crippen LogP contribution in [0.1, 0.15) is 74.4 Å². The zero-order valence-electron chi connectivity index (χ0n) is 13.6. The van der Waals surface area contributed by atoms with Gasteiger partial charge in [-0.25, -0.2) is 0 Å². The van der Waals surface area contributed by atoms with E-state index in [9.17, 15) is 9.90 Å². The topological polar surface area (TPSA) is 53.7 Å². The number of likely N-dealkylation sites (tertiary alicyclic amines) is 1. The molecule has 1 aromatic rings. The quantitative estimate of drug-likeness (QED) is 0.929. The van der Waals surface area contributed by atoms with Crippen LogP contribution >= 0.6 is 0 Å². The van der Waals surface area contributed by atoms with Gasteiger partial charge in [-0.1, -0.05) is 26.7 Å². The number of carbonyl (C=O) groups excluding carboxylic acids is 1. The molecule has 1 saturated carbocycles. The van der Waals surface area contributed by atoms with Crippen molar-refractivity contribution in [1.82, 2.24) is 4.90 Å². The number of hydrogen-bond donors (Lipinski definition) is 1. The van der Waals surface area contributed by atoms with Gasteiger partial charge in [0.05, 0.1) is 17.9 Å². The van der Waals surface area contributed by atoms with Crippen molar-refractivity contribution in [3.63, 3.8) is 0 Å². The van der Waals surface area contributed by atoms with Gasteiger partial charge in [-0.3, -0.25) is 4.79 Å². The van der Waals surface area contributed by atoms with Gasteiger partial charge in [0.25, 0.3) is 5.91 Å². The lowest BCUT2D eigenvalue weighted by Crippen LogP contribution is -2.45. The minimum atomic E-state index is -0.249. The standard InChI is InChI=1S/C18H27NO3/c1-12(2)17-14(9-11-22-17)18(21)19-10-5-7-15(19)13-6-3-4-8-16(13)20/h9,11-13,15-16,20H,3-8,10H2,1-2H3/t13-,15+,16+/m0/s1. The van der Waals surface area contributed by atoms with Crippen molar-refractivity contribution in [3.05, 3.63) is 23.7 Å². The van der Waals surface area contributed by atoms with Gasteiger partial charge < -0.3 is 14.4 Å². The maximum absolute atomic E-state index is 13.0. The third-order valence-electron chi connectivity index (χ3n) is 5.29. The van der Waals surface area contributed by atoms with Gasteiger partial charge in [0, 0.05) is 24.4 Å². The molecule has 1 saturated heterocycles. The van der Waals surface area contributed by atoms with Crippen molar-refractivity contribution in [1.29, 1.82) is 0 Å². The van der Waals surface area contributed by atoms with Gasteiger partial charge in [-0.15, -0.1) is 0 Å². The summed E-state index contributed by atoms with van der Waals surface area (Å²) in [7, 11) is 0. The fourth-order valence-electron chi connectivity index (χ4n) is 4.18. The fraction of sp³-hybridized carbons (Fsp3) is 0.722. The highest BCUT2D eigenvalue weighted by atomic mass is 16.3. The number of nitrogens with zero attached hydrogens (tertiary/aromatic N) is 1. The molecule has 1 aliphatic carbocycles. The predicted molar refractivity (Wildman–Crippen MR) is 84.8 cm³/mol. The molecular weight excluding hydrogens is 278 g/mol. The largest absolute Gasteiger partial charge is 0.468 e. The van der Waals surface area contributed by atoms with Crippen molar-refractivity contribution >= 4 is 5.91 Å². The van der Waals surface area contributed by atoms with Gasteiger partial charge in [-0.05, 0) is 31.7 Å². The molecule has 4 nitrogen and oxygen atoms in total. The Bertz CT molecular complexity index is 522. The monoisotopic (exact) mass is 305 g/mol. The number of aliphatic hydroxyl groups excluding tert-OH is 1. The van der Waals surface area contributed by atoms with Gasteiger partial charge in [0.15, 0.2) is 0 Å². The molecule has 122 valence electrons. The maximum atomic E-state index is 13.0. The van der Waals surface area contributed by atoms with Crippen molar-refractivity contribution in [3.8, 4) is 0 Å². The molecule has 2 heterocycles. The third kappa shape index (κ3) is 2.81. The van der Waals surface area contributed by atoms with Gasteiger partial charge in [0.2, 0.25) is 0 Å².